The number of unbranched alkanes of at least 4 members (excludes halogenated alkanes) is 1. The zero-order valence-electron chi connectivity index (χ0n) is 11.0. The lowest BCUT2D eigenvalue weighted by Crippen LogP contribution is -2.32. The van der Waals surface area contributed by atoms with Crippen molar-refractivity contribution >= 4 is 47.6 Å². The fraction of sp³-hybridized carbons (Fsp3) is 0.500. The summed E-state index contributed by atoms with van der Waals surface area (Å²) >= 11 is 6.58. The highest BCUT2D eigenvalue weighted by Gasteiger charge is 2.27. The number of benzene rings is 1. The number of nitrogens with two attached hydrogens (primary N) is 1. The molecule has 0 aromatic heterocycles. The van der Waals surface area contributed by atoms with Gasteiger partial charge in [0.25, 0.3) is 0 Å². The van der Waals surface area contributed by atoms with Crippen LogP contribution < -0.4 is 5.73 Å². The molecule has 0 aliphatic rings. The largest absolute Gasteiger partial charge is 0.398 e. The molecule has 2 N–H and O–H groups in total. The highest BCUT2D eigenvalue weighted by Crippen LogP contribution is 2.33. The Balaban J connectivity index is 3.26. The van der Waals surface area contributed by atoms with Crippen molar-refractivity contribution in [3.8, 4) is 0 Å². The maximum Gasteiger partial charge on any atom is 0.246 e. The van der Waals surface area contributed by atoms with Crippen LogP contribution >= 0.6 is 31.9 Å². The number of anilines is 1. The van der Waals surface area contributed by atoms with Crippen molar-refractivity contribution in [1.29, 1.82) is 0 Å². The summed E-state index contributed by atoms with van der Waals surface area (Å²) in [6.45, 7) is 4.81. The lowest BCUT2D eigenvalue weighted by atomic mass is 10.3. The topological polar surface area (TPSA) is 63.4 Å². The van der Waals surface area contributed by atoms with Gasteiger partial charge in [-0.3, -0.25) is 0 Å². The summed E-state index contributed by atoms with van der Waals surface area (Å²) in [5.74, 6) is 0. The minimum atomic E-state index is -3.56. The van der Waals surface area contributed by atoms with Crippen molar-refractivity contribution in [2.75, 3.05) is 18.8 Å². The third-order valence-corrected chi connectivity index (χ3v) is 6.19. The fourth-order valence-electron chi connectivity index (χ4n) is 1.76. The van der Waals surface area contributed by atoms with Gasteiger partial charge in [0.15, 0.2) is 0 Å². The summed E-state index contributed by atoms with van der Waals surface area (Å²) in [6.07, 6.45) is 1.78. The first-order valence-corrected chi connectivity index (χ1v) is 9.11. The molecule has 0 spiro atoms. The number of halogens is 2. The van der Waals surface area contributed by atoms with Gasteiger partial charge in [0.1, 0.15) is 4.90 Å². The number of sulfonamides is 1. The first-order valence-electron chi connectivity index (χ1n) is 6.09. The van der Waals surface area contributed by atoms with Gasteiger partial charge in [-0.25, -0.2) is 8.42 Å². The Bertz CT molecular complexity index is 524. The van der Waals surface area contributed by atoms with Crippen LogP contribution in [0.25, 0.3) is 0 Å². The Morgan fingerprint density at radius 1 is 1.26 bits per heavy atom. The highest BCUT2D eigenvalue weighted by molar-refractivity contribution is 9.11. The molecule has 0 saturated carbocycles. The molecular weight excluding hydrogens is 396 g/mol. The molecule has 0 atom stereocenters. The van der Waals surface area contributed by atoms with E-state index >= 15 is 0 Å². The van der Waals surface area contributed by atoms with Crippen LogP contribution in [0.15, 0.2) is 26.0 Å². The average Bonchev–Trinajstić information content (AvgIpc) is 2.27. The lowest BCUT2D eigenvalue weighted by molar-refractivity contribution is 0.419. The van der Waals surface area contributed by atoms with E-state index in [1.165, 1.54) is 4.31 Å². The molecule has 0 heterocycles. The minimum Gasteiger partial charge on any atom is -0.398 e. The monoisotopic (exact) mass is 412 g/mol. The molecule has 108 valence electrons. The molecule has 0 aliphatic carbocycles. The van der Waals surface area contributed by atoms with Crippen LogP contribution in [0.2, 0.25) is 0 Å². The van der Waals surface area contributed by atoms with E-state index in [0.29, 0.717) is 17.6 Å². The quantitative estimate of drug-likeness (QED) is 0.724. The normalized spacial score (nSPS) is 12.1. The van der Waals surface area contributed by atoms with Crippen molar-refractivity contribution in [2.45, 2.75) is 31.6 Å². The van der Waals surface area contributed by atoms with Crippen molar-refractivity contribution in [2.24, 2.45) is 0 Å². The number of rotatable bonds is 6. The lowest BCUT2D eigenvalue weighted by Gasteiger charge is -2.22. The summed E-state index contributed by atoms with van der Waals surface area (Å²) in [7, 11) is -3.56. The summed E-state index contributed by atoms with van der Waals surface area (Å²) in [5, 5.41) is 0. The molecule has 1 aromatic carbocycles. The number of nitrogens with zero attached hydrogens (tertiary/aromatic N) is 1. The number of nitrogen functional groups attached to an aromatic ring is 1. The average molecular weight is 414 g/mol. The Labute approximate surface area is 131 Å². The van der Waals surface area contributed by atoms with Crippen LogP contribution in [-0.2, 0) is 10.0 Å². The Morgan fingerprint density at radius 2 is 1.89 bits per heavy atom. The second-order valence-electron chi connectivity index (χ2n) is 4.16. The van der Waals surface area contributed by atoms with E-state index in [4.69, 9.17) is 5.73 Å². The van der Waals surface area contributed by atoms with Gasteiger partial charge in [0.05, 0.1) is 5.69 Å². The fourth-order valence-corrected chi connectivity index (χ4v) is 5.27. The molecule has 0 fully saturated rings. The Hall–Kier alpha value is -0.110. The van der Waals surface area contributed by atoms with Crippen molar-refractivity contribution in [1.82, 2.24) is 4.31 Å². The third-order valence-electron chi connectivity index (χ3n) is 2.75. The standard InChI is InChI=1S/C12H18Br2N2O2S/c1-3-5-6-16(4-2)19(17,18)12-10(14)7-9(13)8-11(12)15/h7-8H,3-6,15H2,1-2H3. The summed E-state index contributed by atoms with van der Waals surface area (Å²) in [4.78, 5) is 0.147. The predicted molar refractivity (Wildman–Crippen MR) is 85.6 cm³/mol. The maximum absolute atomic E-state index is 12.6. The minimum absolute atomic E-state index is 0.147. The van der Waals surface area contributed by atoms with Crippen LogP contribution in [0.5, 0.6) is 0 Å². The smallest absolute Gasteiger partial charge is 0.246 e. The van der Waals surface area contributed by atoms with Gasteiger partial charge in [-0.2, -0.15) is 4.31 Å². The zero-order chi connectivity index (χ0) is 14.6. The summed E-state index contributed by atoms with van der Waals surface area (Å²) in [5.41, 5.74) is 6.11. The molecule has 0 saturated heterocycles. The highest BCUT2D eigenvalue weighted by atomic mass is 79.9. The van der Waals surface area contributed by atoms with Gasteiger partial charge in [0, 0.05) is 22.0 Å². The first-order chi connectivity index (χ1) is 8.84. The van der Waals surface area contributed by atoms with Gasteiger partial charge in [-0.05, 0) is 34.5 Å². The van der Waals surface area contributed by atoms with Gasteiger partial charge in [-0.1, -0.05) is 36.2 Å². The van der Waals surface area contributed by atoms with E-state index in [2.05, 4.69) is 31.9 Å². The third kappa shape index (κ3) is 3.93. The Kier molecular flexibility index (Phi) is 6.29. The molecule has 19 heavy (non-hydrogen) atoms. The number of hydrogen-bond donors (Lipinski definition) is 1. The van der Waals surface area contributed by atoms with E-state index in [9.17, 15) is 8.42 Å². The van der Waals surface area contributed by atoms with Crippen molar-refractivity contribution in [3.63, 3.8) is 0 Å². The number of hydrogen-bond acceptors (Lipinski definition) is 3. The molecule has 0 radical (unpaired) electrons. The Morgan fingerprint density at radius 3 is 2.37 bits per heavy atom. The molecule has 0 amide bonds. The summed E-state index contributed by atoms with van der Waals surface area (Å²) in [6, 6.07) is 3.29. The van der Waals surface area contributed by atoms with Gasteiger partial charge >= 0.3 is 0 Å². The molecule has 0 bridgehead atoms. The van der Waals surface area contributed by atoms with E-state index < -0.39 is 10.0 Å². The molecule has 1 aromatic rings. The molecule has 4 nitrogen and oxygen atoms in total. The van der Waals surface area contributed by atoms with E-state index in [-0.39, 0.29) is 10.6 Å². The molecule has 0 unspecified atom stereocenters. The molecular formula is C12H18Br2N2O2S. The second kappa shape index (κ2) is 7.06. The van der Waals surface area contributed by atoms with Crippen LogP contribution in [-0.4, -0.2) is 25.8 Å². The van der Waals surface area contributed by atoms with E-state index in [1.54, 1.807) is 12.1 Å². The van der Waals surface area contributed by atoms with Crippen molar-refractivity contribution in [3.05, 3.63) is 21.1 Å². The molecule has 1 rings (SSSR count). The zero-order valence-corrected chi connectivity index (χ0v) is 15.0. The van der Waals surface area contributed by atoms with Gasteiger partial charge in [0.2, 0.25) is 10.0 Å². The van der Waals surface area contributed by atoms with Crippen LogP contribution in [0.4, 0.5) is 5.69 Å². The molecule has 0 aliphatic heterocycles. The van der Waals surface area contributed by atoms with Crippen molar-refractivity contribution < 1.29 is 8.42 Å². The van der Waals surface area contributed by atoms with Crippen LogP contribution in [0.3, 0.4) is 0 Å². The predicted octanol–water partition coefficient (Wildman–Crippen LogP) is 3.60. The van der Waals surface area contributed by atoms with E-state index in [1.807, 2.05) is 13.8 Å². The van der Waals surface area contributed by atoms with Gasteiger partial charge in [-0.15, -0.1) is 0 Å². The SMILES string of the molecule is CCCCN(CC)S(=O)(=O)c1c(N)cc(Br)cc1Br. The molecule has 7 heteroatoms. The van der Waals surface area contributed by atoms with E-state index in [0.717, 1.165) is 17.3 Å². The van der Waals surface area contributed by atoms with Crippen LogP contribution in [0, 0.1) is 0 Å². The second-order valence-corrected chi connectivity index (χ2v) is 7.80. The summed E-state index contributed by atoms with van der Waals surface area (Å²) < 4.78 is 27.9. The first kappa shape index (κ1) is 16.9. The van der Waals surface area contributed by atoms with Crippen LogP contribution in [0.1, 0.15) is 26.7 Å². The van der Waals surface area contributed by atoms with Gasteiger partial charge < -0.3 is 5.73 Å². The maximum atomic E-state index is 12.6.